The van der Waals surface area contributed by atoms with E-state index in [-0.39, 0.29) is 30.3 Å². The molecule has 8 rings (SSSR count). The van der Waals surface area contributed by atoms with E-state index in [1.165, 1.54) is 14.0 Å². The van der Waals surface area contributed by atoms with Gasteiger partial charge in [0.1, 0.15) is 17.7 Å². The molecule has 2 fully saturated rings. The number of carbonyl (C=O) groups is 4. The smallest absolute Gasteiger partial charge is 0.407 e. The Balaban J connectivity index is 0.908. The Labute approximate surface area is 352 Å². The van der Waals surface area contributed by atoms with Crippen LogP contribution in [0.1, 0.15) is 67.6 Å². The molecule has 16 nitrogen and oxygen atoms in total. The van der Waals surface area contributed by atoms with Crippen LogP contribution in [0.15, 0.2) is 104 Å². The summed E-state index contributed by atoms with van der Waals surface area (Å²) in [4.78, 5) is 74.9. The highest BCUT2D eigenvalue weighted by Gasteiger charge is 2.37. The number of nitrogens with one attached hydrogen (secondary N) is 3. The fourth-order valence-electron chi connectivity index (χ4n) is 8.28. The Morgan fingerprint density at radius 3 is 1.85 bits per heavy atom. The molecule has 314 valence electrons. The van der Waals surface area contributed by atoms with Crippen molar-refractivity contribution in [1.29, 1.82) is 0 Å². The SMILES string of the molecule is COC(=O)N[C@@H](Cc1cn(Cc2ccccc2)cn1)C(=O)N1CCC[C@H]1c1ncc(-c2ccc(-c3ccc(-c4cnc([C@@H]5CCCN5C(=O)[C@H](C)OC(N)=O)[nH]4)cc3)cc2)[nH]1. The quantitative estimate of drug-likeness (QED) is 0.105. The lowest BCUT2D eigenvalue weighted by molar-refractivity contribution is -0.140. The third-order valence-electron chi connectivity index (χ3n) is 11.3. The number of carbonyl (C=O) groups excluding carboxylic acids is 4. The van der Waals surface area contributed by atoms with Gasteiger partial charge in [-0.15, -0.1) is 0 Å². The van der Waals surface area contributed by atoms with Crippen molar-refractivity contribution in [2.24, 2.45) is 5.73 Å². The van der Waals surface area contributed by atoms with Crippen LogP contribution in [-0.2, 0) is 32.0 Å². The average Bonchev–Trinajstić information content (AvgIpc) is 4.14. The second-order valence-electron chi connectivity index (χ2n) is 15.4. The molecule has 6 aromatic rings. The molecule has 2 aliphatic rings. The molecule has 5 heterocycles. The summed E-state index contributed by atoms with van der Waals surface area (Å²) in [6, 6.07) is 25.0. The minimum atomic E-state index is -0.982. The van der Waals surface area contributed by atoms with Crippen LogP contribution in [0.3, 0.4) is 0 Å². The van der Waals surface area contributed by atoms with Gasteiger partial charge in [0, 0.05) is 32.3 Å². The first-order valence-corrected chi connectivity index (χ1v) is 20.4. The van der Waals surface area contributed by atoms with Crippen LogP contribution in [-0.4, -0.2) is 95.6 Å². The van der Waals surface area contributed by atoms with E-state index in [2.05, 4.69) is 49.5 Å². The van der Waals surface area contributed by atoms with Crippen molar-refractivity contribution in [2.45, 2.75) is 69.8 Å². The zero-order valence-electron chi connectivity index (χ0n) is 34.0. The maximum Gasteiger partial charge on any atom is 0.407 e. The maximum atomic E-state index is 14.1. The van der Waals surface area contributed by atoms with Crippen LogP contribution < -0.4 is 11.1 Å². The molecule has 0 saturated carbocycles. The van der Waals surface area contributed by atoms with E-state index >= 15 is 0 Å². The van der Waals surface area contributed by atoms with Crippen molar-refractivity contribution >= 4 is 24.0 Å². The van der Waals surface area contributed by atoms with Gasteiger partial charge in [0.2, 0.25) is 5.91 Å². The van der Waals surface area contributed by atoms with Crippen molar-refractivity contribution < 1.29 is 28.7 Å². The number of hydrogen-bond acceptors (Lipinski definition) is 9. The van der Waals surface area contributed by atoms with Crippen LogP contribution >= 0.6 is 0 Å². The number of methoxy groups -OCH3 is 1. The zero-order valence-corrected chi connectivity index (χ0v) is 34.0. The summed E-state index contributed by atoms with van der Waals surface area (Å²) in [5, 5.41) is 2.74. The first-order valence-electron chi connectivity index (χ1n) is 20.4. The molecule has 5 N–H and O–H groups in total. The minimum absolute atomic E-state index is 0.210. The molecule has 2 aliphatic heterocycles. The molecule has 3 aromatic carbocycles. The number of nitrogens with zero attached hydrogens (tertiary/aromatic N) is 6. The monoisotopic (exact) mass is 824 g/mol. The average molecular weight is 825 g/mol. The van der Waals surface area contributed by atoms with Crippen molar-refractivity contribution in [3.8, 4) is 33.6 Å². The van der Waals surface area contributed by atoms with Gasteiger partial charge in [-0.25, -0.2) is 24.5 Å². The first kappa shape index (κ1) is 40.5. The van der Waals surface area contributed by atoms with Crippen LogP contribution in [0.25, 0.3) is 33.6 Å². The number of likely N-dealkylation sites (tertiary alicyclic amines) is 2. The van der Waals surface area contributed by atoms with Crippen molar-refractivity contribution in [3.05, 3.63) is 127 Å². The highest BCUT2D eigenvalue weighted by Crippen LogP contribution is 2.35. The van der Waals surface area contributed by atoms with Crippen molar-refractivity contribution in [1.82, 2.24) is 44.6 Å². The summed E-state index contributed by atoms with van der Waals surface area (Å²) in [7, 11) is 1.28. The van der Waals surface area contributed by atoms with Gasteiger partial charge in [0.25, 0.3) is 5.91 Å². The van der Waals surface area contributed by atoms with Crippen molar-refractivity contribution in [3.63, 3.8) is 0 Å². The Bertz CT molecular complexity index is 2480. The van der Waals surface area contributed by atoms with Gasteiger partial charge in [-0.2, -0.15) is 0 Å². The lowest BCUT2D eigenvalue weighted by atomic mass is 10.0. The molecule has 0 unspecified atom stereocenters. The normalized spacial score (nSPS) is 17.2. The standard InChI is InChI=1S/C45H48N10O6/c1-28(61-44(46)58)42(56)54-20-6-10-38(54)40-47-23-36(50-40)32-16-12-30(13-17-32)31-14-18-33(19-15-31)37-24-48-41(51-37)39-11-7-21-55(39)43(57)35(52-45(59)60-2)22-34-26-53(27-49-34)25-29-8-4-3-5-9-29/h3-5,8-9,12-19,23-24,26-28,35,38-39H,6-7,10-11,20-22,25H2,1-2H3,(H2,46,58)(H,47,50)(H,48,51)(H,52,59)/t28-,35-,38-,39-/m0/s1. The van der Waals surface area contributed by atoms with E-state index in [0.29, 0.717) is 37.0 Å². The molecule has 0 bridgehead atoms. The Morgan fingerprint density at radius 1 is 0.770 bits per heavy atom. The number of imidazole rings is 3. The van der Waals surface area contributed by atoms with Gasteiger partial charge < -0.3 is 44.9 Å². The number of hydrogen-bond donors (Lipinski definition) is 4. The number of H-pyrrole nitrogens is 2. The lowest BCUT2D eigenvalue weighted by Crippen LogP contribution is -2.49. The molecule has 2 saturated heterocycles. The third kappa shape index (κ3) is 9.17. The van der Waals surface area contributed by atoms with E-state index in [1.54, 1.807) is 28.5 Å². The van der Waals surface area contributed by atoms with Crippen LogP contribution in [0.5, 0.6) is 0 Å². The number of aromatic amines is 2. The fraction of sp³-hybridized carbons (Fsp3) is 0.311. The molecule has 4 atom stereocenters. The van der Waals surface area contributed by atoms with Gasteiger partial charge in [0.05, 0.1) is 55.0 Å². The second-order valence-corrected chi connectivity index (χ2v) is 15.4. The molecular weight excluding hydrogens is 777 g/mol. The number of aromatic nitrogens is 6. The van der Waals surface area contributed by atoms with Crippen LogP contribution in [0, 0.1) is 0 Å². The van der Waals surface area contributed by atoms with Gasteiger partial charge in [-0.1, -0.05) is 78.9 Å². The summed E-state index contributed by atoms with van der Waals surface area (Å²) in [5.41, 5.74) is 12.6. The highest BCUT2D eigenvalue weighted by atomic mass is 16.6. The highest BCUT2D eigenvalue weighted by molar-refractivity contribution is 5.86. The second kappa shape index (κ2) is 17.9. The molecular formula is C45H48N10O6. The Hall–Kier alpha value is -7.23. The predicted molar refractivity (Wildman–Crippen MR) is 225 cm³/mol. The topological polar surface area (TPSA) is 206 Å². The zero-order chi connectivity index (χ0) is 42.5. The molecule has 0 spiro atoms. The van der Waals surface area contributed by atoms with Crippen LogP contribution in [0.2, 0.25) is 0 Å². The molecule has 0 radical (unpaired) electrons. The third-order valence-corrected chi connectivity index (χ3v) is 11.3. The van der Waals surface area contributed by atoms with Gasteiger partial charge in [-0.3, -0.25) is 9.59 Å². The molecule has 0 aliphatic carbocycles. The Morgan fingerprint density at radius 2 is 1.31 bits per heavy atom. The first-order chi connectivity index (χ1) is 29.6. The van der Waals surface area contributed by atoms with Gasteiger partial charge in [-0.05, 0) is 60.4 Å². The van der Waals surface area contributed by atoms with Gasteiger partial charge in [0.15, 0.2) is 6.10 Å². The summed E-state index contributed by atoms with van der Waals surface area (Å²) < 4.78 is 11.8. The number of nitrogens with two attached hydrogens (primary N) is 1. The number of rotatable bonds is 13. The summed E-state index contributed by atoms with van der Waals surface area (Å²) in [5.74, 6) is 0.846. The maximum absolute atomic E-state index is 14.1. The predicted octanol–water partition coefficient (Wildman–Crippen LogP) is 6.16. The fourth-order valence-corrected chi connectivity index (χ4v) is 8.28. The summed E-state index contributed by atoms with van der Waals surface area (Å²) >= 11 is 0. The Kier molecular flexibility index (Phi) is 11.9. The van der Waals surface area contributed by atoms with Gasteiger partial charge >= 0.3 is 12.2 Å². The summed E-state index contributed by atoms with van der Waals surface area (Å²) in [6.07, 6.45) is 7.86. The molecule has 4 amide bonds. The summed E-state index contributed by atoms with van der Waals surface area (Å²) in [6.45, 7) is 3.24. The number of primary amides is 1. The van der Waals surface area contributed by atoms with E-state index in [9.17, 15) is 19.2 Å². The van der Waals surface area contributed by atoms with Crippen LogP contribution in [0.4, 0.5) is 9.59 Å². The van der Waals surface area contributed by atoms with Crippen molar-refractivity contribution in [2.75, 3.05) is 20.2 Å². The molecule has 16 heteroatoms. The van der Waals surface area contributed by atoms with E-state index < -0.39 is 24.3 Å². The molecule has 61 heavy (non-hydrogen) atoms. The number of amides is 4. The number of ether oxygens (including phenoxy) is 2. The van der Waals surface area contributed by atoms with E-state index in [1.807, 2.05) is 65.4 Å². The number of alkyl carbamates (subject to hydrolysis) is 1. The lowest BCUT2D eigenvalue weighted by Gasteiger charge is -2.28. The minimum Gasteiger partial charge on any atom is -0.453 e. The largest absolute Gasteiger partial charge is 0.453 e. The number of benzene rings is 3. The van der Waals surface area contributed by atoms with E-state index in [4.69, 9.17) is 20.2 Å². The van der Waals surface area contributed by atoms with E-state index in [0.717, 1.165) is 64.9 Å². The molecule has 3 aromatic heterocycles.